The fourth-order valence-electron chi connectivity index (χ4n) is 3.62. The zero-order chi connectivity index (χ0) is 20.9. The van der Waals surface area contributed by atoms with Crippen LogP contribution in [0, 0.1) is 23.6 Å². The minimum Gasteiger partial charge on any atom is -0.206 e. The maximum atomic E-state index is 14.6. The van der Waals surface area contributed by atoms with Crippen molar-refractivity contribution in [3.8, 4) is 23.0 Å². The first-order valence-electron chi connectivity index (χ1n) is 10.3. The Labute approximate surface area is 181 Å². The third kappa shape index (κ3) is 4.75. The van der Waals surface area contributed by atoms with E-state index < -0.39 is 0 Å². The molecule has 4 rings (SSSR count). The van der Waals surface area contributed by atoms with Gasteiger partial charge in [-0.05, 0) is 65.4 Å². The van der Waals surface area contributed by atoms with Gasteiger partial charge in [-0.15, -0.1) is 0 Å². The summed E-state index contributed by atoms with van der Waals surface area (Å²) >= 11 is 1.18. The number of benzene rings is 3. The Balaban J connectivity index is 1.50. The first-order valence-corrected chi connectivity index (χ1v) is 11.0. The summed E-state index contributed by atoms with van der Waals surface area (Å²) in [4.78, 5) is 0. The molecule has 0 saturated carbocycles. The van der Waals surface area contributed by atoms with Crippen molar-refractivity contribution in [1.82, 2.24) is 8.75 Å². The quantitative estimate of drug-likeness (QED) is 0.333. The van der Waals surface area contributed by atoms with Crippen LogP contribution in [0.4, 0.5) is 4.39 Å². The van der Waals surface area contributed by atoms with E-state index >= 15 is 0 Å². The molecule has 1 atom stereocenters. The van der Waals surface area contributed by atoms with Crippen LogP contribution in [0.2, 0.25) is 0 Å². The van der Waals surface area contributed by atoms with Crippen molar-refractivity contribution in [1.29, 1.82) is 0 Å². The summed E-state index contributed by atoms with van der Waals surface area (Å²) < 4.78 is 23.1. The van der Waals surface area contributed by atoms with Crippen molar-refractivity contribution in [3.63, 3.8) is 0 Å². The summed E-state index contributed by atoms with van der Waals surface area (Å²) in [6.07, 6.45) is 3.54. The van der Waals surface area contributed by atoms with Crippen molar-refractivity contribution < 1.29 is 4.39 Å². The molecule has 1 aromatic heterocycles. The smallest absolute Gasteiger partial charge is 0.139 e. The van der Waals surface area contributed by atoms with Gasteiger partial charge in [0.25, 0.3) is 0 Å². The highest BCUT2D eigenvalue weighted by Crippen LogP contribution is 2.25. The fraction of sp³-hybridized carbons (Fsp3) is 0.231. The SMILES string of the molecule is CCCC(C)Cc1ccc(C#Cc2ccc(-c3ccc4nsnc4c3)cc2F)cc1. The third-order valence-electron chi connectivity index (χ3n) is 5.22. The van der Waals surface area contributed by atoms with E-state index in [1.54, 1.807) is 6.07 Å². The number of hydrogen-bond acceptors (Lipinski definition) is 3. The molecular weight excluding hydrogens is 391 g/mol. The normalized spacial score (nSPS) is 11.8. The van der Waals surface area contributed by atoms with Crippen LogP contribution in [-0.4, -0.2) is 8.75 Å². The van der Waals surface area contributed by atoms with E-state index in [4.69, 9.17) is 0 Å². The van der Waals surface area contributed by atoms with Crippen molar-refractivity contribution in [2.45, 2.75) is 33.1 Å². The van der Waals surface area contributed by atoms with Gasteiger partial charge in [-0.25, -0.2) is 4.39 Å². The topological polar surface area (TPSA) is 25.8 Å². The van der Waals surface area contributed by atoms with Gasteiger partial charge >= 0.3 is 0 Å². The van der Waals surface area contributed by atoms with Gasteiger partial charge in [-0.2, -0.15) is 8.75 Å². The van der Waals surface area contributed by atoms with Gasteiger partial charge in [-0.1, -0.05) is 62.8 Å². The molecule has 1 unspecified atom stereocenters. The highest BCUT2D eigenvalue weighted by atomic mass is 32.1. The number of nitrogens with zero attached hydrogens (tertiary/aromatic N) is 2. The molecule has 0 bridgehead atoms. The molecule has 0 aliphatic rings. The molecule has 4 heteroatoms. The maximum Gasteiger partial charge on any atom is 0.139 e. The second-order valence-corrected chi connectivity index (χ2v) is 8.24. The molecule has 150 valence electrons. The average Bonchev–Trinajstić information content (AvgIpc) is 3.22. The van der Waals surface area contributed by atoms with Gasteiger partial charge in [0.05, 0.1) is 17.3 Å². The van der Waals surface area contributed by atoms with E-state index in [2.05, 4.69) is 46.6 Å². The highest BCUT2D eigenvalue weighted by Gasteiger charge is 2.06. The molecular formula is C26H23FN2S. The molecule has 1 heterocycles. The van der Waals surface area contributed by atoms with E-state index in [-0.39, 0.29) is 5.82 Å². The molecule has 0 N–H and O–H groups in total. The Kier molecular flexibility index (Phi) is 6.21. The molecule has 0 spiro atoms. The van der Waals surface area contributed by atoms with E-state index in [0.717, 1.165) is 34.1 Å². The molecule has 0 aliphatic heterocycles. The lowest BCUT2D eigenvalue weighted by molar-refractivity contribution is 0.522. The molecule has 0 radical (unpaired) electrons. The number of hydrogen-bond donors (Lipinski definition) is 0. The van der Waals surface area contributed by atoms with Crippen LogP contribution in [0.1, 0.15) is 43.4 Å². The lowest BCUT2D eigenvalue weighted by atomic mass is 9.96. The van der Waals surface area contributed by atoms with Gasteiger partial charge in [0.2, 0.25) is 0 Å². The molecule has 2 nitrogen and oxygen atoms in total. The number of fused-ring (bicyclic) bond motifs is 1. The summed E-state index contributed by atoms with van der Waals surface area (Å²) in [5, 5.41) is 0. The standard InChI is InChI=1S/C26H23FN2S/c1-3-4-18(2)15-20-7-5-19(6-8-20)9-10-21-11-12-22(16-24(21)27)23-13-14-25-26(17-23)29-30-28-25/h5-8,11-14,16-18H,3-4,15H2,1-2H3. The second kappa shape index (κ2) is 9.19. The van der Waals surface area contributed by atoms with Crippen molar-refractivity contribution in [3.05, 3.63) is 83.2 Å². The zero-order valence-corrected chi connectivity index (χ0v) is 18.0. The third-order valence-corrected chi connectivity index (χ3v) is 5.77. The largest absolute Gasteiger partial charge is 0.206 e. The Morgan fingerprint density at radius 1 is 0.900 bits per heavy atom. The van der Waals surface area contributed by atoms with E-state index in [0.29, 0.717) is 11.5 Å². The predicted molar refractivity (Wildman–Crippen MR) is 123 cm³/mol. The first-order chi connectivity index (χ1) is 14.6. The van der Waals surface area contributed by atoms with Crippen LogP contribution < -0.4 is 0 Å². The lowest BCUT2D eigenvalue weighted by Gasteiger charge is -2.09. The van der Waals surface area contributed by atoms with Crippen LogP contribution in [0.3, 0.4) is 0 Å². The minimum absolute atomic E-state index is 0.318. The van der Waals surface area contributed by atoms with E-state index in [1.807, 2.05) is 36.4 Å². The summed E-state index contributed by atoms with van der Waals surface area (Å²) in [6.45, 7) is 4.51. The van der Waals surface area contributed by atoms with Crippen LogP contribution in [-0.2, 0) is 6.42 Å². The average molecular weight is 415 g/mol. The predicted octanol–water partition coefficient (Wildman–Crippen LogP) is 6.88. The molecule has 0 aliphatic carbocycles. The van der Waals surface area contributed by atoms with E-state index in [9.17, 15) is 4.39 Å². The molecule has 3 aromatic carbocycles. The lowest BCUT2D eigenvalue weighted by Crippen LogP contribution is -1.98. The molecule has 0 amide bonds. The monoisotopic (exact) mass is 414 g/mol. The summed E-state index contributed by atoms with van der Waals surface area (Å²) in [5.41, 5.74) is 6.03. The molecule has 4 aromatic rings. The van der Waals surface area contributed by atoms with E-state index in [1.165, 1.54) is 36.2 Å². The summed E-state index contributed by atoms with van der Waals surface area (Å²) in [5.74, 6) is 6.42. The Morgan fingerprint density at radius 3 is 2.40 bits per heavy atom. The molecule has 0 fully saturated rings. The second-order valence-electron chi connectivity index (χ2n) is 7.71. The minimum atomic E-state index is -0.318. The van der Waals surface area contributed by atoms with Crippen LogP contribution in [0.5, 0.6) is 0 Å². The number of aromatic nitrogens is 2. The van der Waals surface area contributed by atoms with Crippen LogP contribution in [0.25, 0.3) is 22.2 Å². The van der Waals surface area contributed by atoms with Gasteiger partial charge in [0.1, 0.15) is 16.9 Å². The van der Waals surface area contributed by atoms with Crippen LogP contribution >= 0.6 is 11.7 Å². The van der Waals surface area contributed by atoms with Crippen molar-refractivity contribution in [2.75, 3.05) is 0 Å². The maximum absolute atomic E-state index is 14.6. The summed E-state index contributed by atoms with van der Waals surface area (Å²) in [6, 6.07) is 19.2. The molecule has 30 heavy (non-hydrogen) atoms. The number of halogens is 1. The van der Waals surface area contributed by atoms with Gasteiger partial charge in [0.15, 0.2) is 0 Å². The number of rotatable bonds is 5. The Morgan fingerprint density at radius 2 is 1.63 bits per heavy atom. The van der Waals surface area contributed by atoms with Crippen molar-refractivity contribution in [2.24, 2.45) is 5.92 Å². The molecule has 0 saturated heterocycles. The highest BCUT2D eigenvalue weighted by molar-refractivity contribution is 7.00. The summed E-state index contributed by atoms with van der Waals surface area (Å²) in [7, 11) is 0. The van der Waals surface area contributed by atoms with Crippen molar-refractivity contribution >= 4 is 22.8 Å². The zero-order valence-electron chi connectivity index (χ0n) is 17.2. The fourth-order valence-corrected chi connectivity index (χ4v) is 4.14. The van der Waals surface area contributed by atoms with Crippen LogP contribution in [0.15, 0.2) is 60.7 Å². The Bertz CT molecular complexity index is 1220. The van der Waals surface area contributed by atoms with Gasteiger partial charge in [-0.3, -0.25) is 0 Å². The van der Waals surface area contributed by atoms with Gasteiger partial charge < -0.3 is 0 Å². The first kappa shape index (κ1) is 20.3. The van der Waals surface area contributed by atoms with Gasteiger partial charge in [0, 0.05) is 5.56 Å². The Hall–Kier alpha value is -3.03.